The molecule has 1 N–H and O–H groups in total. The first kappa shape index (κ1) is 18.8. The Morgan fingerprint density at radius 3 is 2.38 bits per heavy atom. The van der Waals surface area contributed by atoms with E-state index in [4.69, 9.17) is 11.6 Å². The highest BCUT2D eigenvalue weighted by molar-refractivity contribution is 6.46. The highest BCUT2D eigenvalue weighted by Gasteiger charge is 2.46. The first-order chi connectivity index (χ1) is 14.1. The number of nitrogens with zero attached hydrogens (tertiary/aromatic N) is 3. The van der Waals surface area contributed by atoms with Gasteiger partial charge in [0.25, 0.3) is 11.7 Å². The topological polar surface area (TPSA) is 83.4 Å². The molecule has 0 unspecified atom stereocenters. The standard InChI is InChI=1S/C22H16ClN3O3/c23-17-5-3-16(4-6-17)20(27)18-19(15-7-10-24-11-8-15)26(22(29)21(18)28)13-14-2-1-9-25-12-14/h1-12,19,27H,13H2/t19-/m1/s1. The quantitative estimate of drug-likeness (QED) is 0.406. The predicted octanol–water partition coefficient (Wildman–Crippen LogP) is 3.75. The van der Waals surface area contributed by atoms with E-state index in [1.54, 1.807) is 67.3 Å². The summed E-state index contributed by atoms with van der Waals surface area (Å²) in [6.45, 7) is 0.183. The summed E-state index contributed by atoms with van der Waals surface area (Å²) in [6, 6.07) is 12.7. The van der Waals surface area contributed by atoms with Gasteiger partial charge in [0.1, 0.15) is 5.76 Å². The molecule has 1 fully saturated rings. The van der Waals surface area contributed by atoms with Gasteiger partial charge in [0, 0.05) is 41.9 Å². The second-order valence-corrected chi connectivity index (χ2v) is 7.01. The molecule has 1 aliphatic heterocycles. The average molecular weight is 406 g/mol. The van der Waals surface area contributed by atoms with Crippen LogP contribution in [0.2, 0.25) is 5.02 Å². The van der Waals surface area contributed by atoms with E-state index in [9.17, 15) is 14.7 Å². The van der Waals surface area contributed by atoms with Crippen LogP contribution in [0.25, 0.3) is 5.76 Å². The molecule has 1 aromatic carbocycles. The molecule has 29 heavy (non-hydrogen) atoms. The van der Waals surface area contributed by atoms with Gasteiger partial charge in [-0.1, -0.05) is 17.7 Å². The fraction of sp³-hybridized carbons (Fsp3) is 0.0909. The minimum Gasteiger partial charge on any atom is -0.507 e. The smallest absolute Gasteiger partial charge is 0.295 e. The van der Waals surface area contributed by atoms with E-state index in [0.717, 1.165) is 5.56 Å². The third kappa shape index (κ3) is 3.62. The lowest BCUT2D eigenvalue weighted by Crippen LogP contribution is -2.29. The van der Waals surface area contributed by atoms with E-state index in [0.29, 0.717) is 16.1 Å². The van der Waals surface area contributed by atoms with E-state index >= 15 is 0 Å². The highest BCUT2D eigenvalue weighted by atomic mass is 35.5. The molecule has 3 aromatic rings. The number of rotatable bonds is 4. The summed E-state index contributed by atoms with van der Waals surface area (Å²) < 4.78 is 0. The Morgan fingerprint density at radius 1 is 1.00 bits per heavy atom. The van der Waals surface area contributed by atoms with Crippen molar-refractivity contribution in [3.05, 3.63) is 101 Å². The van der Waals surface area contributed by atoms with Crippen LogP contribution >= 0.6 is 11.6 Å². The number of ketones is 1. The molecule has 0 radical (unpaired) electrons. The molecule has 4 rings (SSSR count). The number of hydrogen-bond donors (Lipinski definition) is 1. The van der Waals surface area contributed by atoms with Crippen molar-refractivity contribution in [1.29, 1.82) is 0 Å². The summed E-state index contributed by atoms with van der Waals surface area (Å²) in [7, 11) is 0. The number of amides is 1. The van der Waals surface area contributed by atoms with Gasteiger partial charge in [-0.25, -0.2) is 0 Å². The van der Waals surface area contributed by atoms with E-state index in [1.807, 2.05) is 6.07 Å². The lowest BCUT2D eigenvalue weighted by Gasteiger charge is -2.25. The molecule has 3 heterocycles. The summed E-state index contributed by atoms with van der Waals surface area (Å²) >= 11 is 5.93. The number of likely N-dealkylation sites (tertiary alicyclic amines) is 1. The Hall–Kier alpha value is -3.51. The maximum atomic E-state index is 12.9. The van der Waals surface area contributed by atoms with Crippen LogP contribution in [0.4, 0.5) is 0 Å². The van der Waals surface area contributed by atoms with Gasteiger partial charge in [-0.2, -0.15) is 0 Å². The molecular weight excluding hydrogens is 390 g/mol. The minimum absolute atomic E-state index is 0.0346. The number of Topliss-reactive ketones (excluding diaryl/α,β-unsaturated/α-hetero) is 1. The van der Waals surface area contributed by atoms with Gasteiger partial charge in [-0.15, -0.1) is 0 Å². The molecule has 0 bridgehead atoms. The fourth-order valence-corrected chi connectivity index (χ4v) is 3.51. The largest absolute Gasteiger partial charge is 0.507 e. The zero-order chi connectivity index (χ0) is 20.4. The maximum absolute atomic E-state index is 12.9. The first-order valence-electron chi connectivity index (χ1n) is 8.89. The Bertz CT molecular complexity index is 1080. The molecule has 1 amide bonds. The molecule has 1 aliphatic rings. The van der Waals surface area contributed by atoms with Crippen molar-refractivity contribution in [1.82, 2.24) is 14.9 Å². The lowest BCUT2D eigenvalue weighted by molar-refractivity contribution is -0.140. The van der Waals surface area contributed by atoms with E-state index in [2.05, 4.69) is 9.97 Å². The number of aliphatic hydroxyl groups excluding tert-OH is 1. The number of aromatic nitrogens is 2. The van der Waals surface area contributed by atoms with Crippen LogP contribution in [-0.2, 0) is 16.1 Å². The molecule has 0 aliphatic carbocycles. The van der Waals surface area contributed by atoms with Crippen LogP contribution in [0.15, 0.2) is 78.9 Å². The van der Waals surface area contributed by atoms with E-state index in [1.165, 1.54) is 4.90 Å². The average Bonchev–Trinajstić information content (AvgIpc) is 3.00. The summed E-state index contributed by atoms with van der Waals surface area (Å²) in [5, 5.41) is 11.4. The van der Waals surface area contributed by atoms with Crippen LogP contribution in [0.5, 0.6) is 0 Å². The molecule has 6 nitrogen and oxygen atoms in total. The first-order valence-corrected chi connectivity index (χ1v) is 9.27. The normalized spacial score (nSPS) is 18.2. The molecule has 7 heteroatoms. The van der Waals surface area contributed by atoms with Crippen molar-refractivity contribution in [2.45, 2.75) is 12.6 Å². The molecular formula is C22H16ClN3O3. The molecule has 1 saturated heterocycles. The number of halogens is 1. The van der Waals surface area contributed by atoms with Crippen molar-refractivity contribution < 1.29 is 14.7 Å². The van der Waals surface area contributed by atoms with Gasteiger partial charge < -0.3 is 10.0 Å². The number of aliphatic hydroxyl groups is 1. The number of carbonyl (C=O) groups is 2. The second kappa shape index (κ2) is 7.85. The molecule has 1 atom stereocenters. The zero-order valence-corrected chi connectivity index (χ0v) is 16.0. The summed E-state index contributed by atoms with van der Waals surface area (Å²) in [5.74, 6) is -1.65. The fourth-order valence-electron chi connectivity index (χ4n) is 3.39. The van der Waals surface area contributed by atoms with Crippen molar-refractivity contribution >= 4 is 29.1 Å². The van der Waals surface area contributed by atoms with Crippen LogP contribution in [0.3, 0.4) is 0 Å². The van der Waals surface area contributed by atoms with Gasteiger partial charge >= 0.3 is 0 Å². The number of pyridine rings is 2. The molecule has 0 saturated carbocycles. The zero-order valence-electron chi connectivity index (χ0n) is 15.2. The Kier molecular flexibility index (Phi) is 5.10. The number of hydrogen-bond acceptors (Lipinski definition) is 5. The number of carbonyl (C=O) groups excluding carboxylic acids is 2. The van der Waals surface area contributed by atoms with Crippen LogP contribution in [0.1, 0.15) is 22.7 Å². The predicted molar refractivity (Wildman–Crippen MR) is 108 cm³/mol. The Morgan fingerprint density at radius 2 is 1.72 bits per heavy atom. The van der Waals surface area contributed by atoms with Crippen molar-refractivity contribution in [3.63, 3.8) is 0 Å². The highest BCUT2D eigenvalue weighted by Crippen LogP contribution is 2.40. The monoisotopic (exact) mass is 405 g/mol. The Labute approximate surface area is 172 Å². The van der Waals surface area contributed by atoms with Gasteiger partial charge in [0.05, 0.1) is 11.6 Å². The van der Waals surface area contributed by atoms with Gasteiger partial charge in [0.2, 0.25) is 0 Å². The third-order valence-electron chi connectivity index (χ3n) is 4.76. The number of benzene rings is 1. The van der Waals surface area contributed by atoms with Gasteiger partial charge in [-0.05, 0) is 53.6 Å². The summed E-state index contributed by atoms with van der Waals surface area (Å²) in [4.78, 5) is 35.3. The SMILES string of the molecule is O=C1C(=O)N(Cc2cccnc2)[C@H](c2ccncc2)C1=C(O)c1ccc(Cl)cc1. The van der Waals surface area contributed by atoms with Crippen LogP contribution in [0, 0.1) is 0 Å². The minimum atomic E-state index is -0.742. The summed E-state index contributed by atoms with van der Waals surface area (Å²) in [5.41, 5.74) is 1.90. The van der Waals surface area contributed by atoms with Crippen molar-refractivity contribution in [2.75, 3.05) is 0 Å². The molecule has 144 valence electrons. The van der Waals surface area contributed by atoms with Crippen molar-refractivity contribution in [3.8, 4) is 0 Å². The van der Waals surface area contributed by atoms with E-state index < -0.39 is 17.7 Å². The third-order valence-corrected chi connectivity index (χ3v) is 5.01. The van der Waals surface area contributed by atoms with Gasteiger partial charge in [0.15, 0.2) is 0 Å². The maximum Gasteiger partial charge on any atom is 0.295 e. The van der Waals surface area contributed by atoms with Gasteiger partial charge in [-0.3, -0.25) is 19.6 Å². The summed E-state index contributed by atoms with van der Waals surface area (Å²) in [6.07, 6.45) is 6.45. The second-order valence-electron chi connectivity index (χ2n) is 6.58. The Balaban J connectivity index is 1.85. The van der Waals surface area contributed by atoms with E-state index in [-0.39, 0.29) is 17.9 Å². The van der Waals surface area contributed by atoms with Crippen molar-refractivity contribution in [2.24, 2.45) is 0 Å². The van der Waals surface area contributed by atoms with Crippen LogP contribution < -0.4 is 0 Å². The van der Waals surface area contributed by atoms with Crippen LogP contribution in [-0.4, -0.2) is 31.7 Å². The molecule has 2 aromatic heterocycles. The lowest BCUT2D eigenvalue weighted by atomic mass is 9.96. The molecule has 0 spiro atoms.